The van der Waals surface area contributed by atoms with Crippen LogP contribution in [0, 0.1) is 0 Å². The molecule has 758 valence electrons. The van der Waals surface area contributed by atoms with Gasteiger partial charge < -0.3 is 0 Å². The number of fused-ring (bicyclic) bond motifs is 3. The second-order valence-corrected chi connectivity index (χ2v) is 51.9. The minimum atomic E-state index is -0.576. The summed E-state index contributed by atoms with van der Waals surface area (Å²) in [4.78, 5) is 0. The van der Waals surface area contributed by atoms with E-state index in [1.165, 1.54) is 279 Å². The molecule has 0 spiro atoms. The molecule has 18 rings (SSSR count). The van der Waals surface area contributed by atoms with Crippen molar-refractivity contribution in [2.24, 2.45) is 0 Å². The molecule has 0 aliphatic heterocycles. The van der Waals surface area contributed by atoms with E-state index in [9.17, 15) is 0 Å². The van der Waals surface area contributed by atoms with Gasteiger partial charge in [-0.1, -0.05) is 480 Å². The van der Waals surface area contributed by atoms with E-state index in [0.29, 0.717) is 0 Å². The molecule has 0 heteroatoms. The van der Waals surface area contributed by atoms with Crippen molar-refractivity contribution in [2.75, 3.05) is 0 Å². The van der Waals surface area contributed by atoms with Gasteiger partial charge >= 0.3 is 0 Å². The van der Waals surface area contributed by atoms with Gasteiger partial charge in [0, 0.05) is 5.41 Å². The molecule has 0 atom stereocenters. The van der Waals surface area contributed by atoms with E-state index in [-0.39, 0.29) is 43.3 Å². The van der Waals surface area contributed by atoms with Gasteiger partial charge in [-0.3, -0.25) is 0 Å². The third kappa shape index (κ3) is 23.8. The molecule has 0 heterocycles. The van der Waals surface area contributed by atoms with Crippen molar-refractivity contribution in [1.29, 1.82) is 0 Å². The Kier molecular flexibility index (Phi) is 30.0. The topological polar surface area (TPSA) is 0 Å². The van der Waals surface area contributed by atoms with E-state index in [0.717, 1.165) is 32.1 Å². The Morgan fingerprint density at radius 1 is 0.154 bits per heavy atom. The molecule has 17 aromatic rings. The minimum absolute atomic E-state index is 0.00400. The second-order valence-electron chi connectivity index (χ2n) is 51.9. The van der Waals surface area contributed by atoms with Crippen LogP contribution in [0.4, 0.5) is 0 Å². The summed E-state index contributed by atoms with van der Waals surface area (Å²) in [7, 11) is 0. The fourth-order valence-corrected chi connectivity index (χ4v) is 22.5. The Balaban J connectivity index is 0.897. The normalized spacial score (nSPS) is 13.0. The molecule has 0 unspecified atom stereocenters. The summed E-state index contributed by atoms with van der Waals surface area (Å²) in [6.07, 6.45) is 13.9. The van der Waals surface area contributed by atoms with Gasteiger partial charge in [0.15, 0.2) is 0 Å². The predicted octanol–water partition coefficient (Wildman–Crippen LogP) is 43.6. The standard InChI is InChI=1S/C149H162/c1-27-29-31-33-34-36-77-149(136-40-37-39-99(78-136)38-35-32-30-28-2)139-97-108(118-91-124(120-83-110(100-41-59-128(60-42-100)141(3,4)5)79-111(84-120)101-43-61-129(62-44-101)142(6,7)8)95-125(92-118)121-85-112(102-45-63-130(64-46-102)143(9,10)11)80-113(86-121)103-47-65-131(66-48-103)144(12,13)14)57-75-137(139)138-76-58-109(98-140(138)149)119-93-126(122-87-114(104-49-67-132(68-50-104)145(15,16)17)81-115(88-122)105-51-69-133(70-52-105)146(18,19)20)96-127(94-119)123-89-116(106-53-71-134(72-54-106)147(21,22)23)82-117(90-123)107-55-73-135(74-56-107)148(24,25)26/h37,39-76,78-98H,27-36,38,77H2,1-26H3. The third-order valence-electron chi connectivity index (χ3n) is 32.2. The number of benzene rings is 17. The molecule has 0 radical (unpaired) electrons. The van der Waals surface area contributed by atoms with E-state index in [4.69, 9.17) is 0 Å². The van der Waals surface area contributed by atoms with Crippen LogP contribution in [0.2, 0.25) is 0 Å². The first kappa shape index (κ1) is 106. The Labute approximate surface area is 896 Å². The van der Waals surface area contributed by atoms with Crippen molar-refractivity contribution in [3.63, 3.8) is 0 Å². The summed E-state index contributed by atoms with van der Waals surface area (Å²) in [6.45, 7) is 60.3. The number of hydrogen-bond donors (Lipinski definition) is 0. The summed E-state index contributed by atoms with van der Waals surface area (Å²) < 4.78 is 0. The summed E-state index contributed by atoms with van der Waals surface area (Å²) in [5.74, 6) is 0. The van der Waals surface area contributed by atoms with Gasteiger partial charge in [0.2, 0.25) is 0 Å². The first-order valence-corrected chi connectivity index (χ1v) is 55.9. The van der Waals surface area contributed by atoms with Crippen molar-refractivity contribution in [3.05, 3.63) is 431 Å². The third-order valence-corrected chi connectivity index (χ3v) is 32.2. The van der Waals surface area contributed by atoms with Gasteiger partial charge in [0.05, 0.1) is 0 Å². The molecular weight excluding hydrogens is 1790 g/mol. The van der Waals surface area contributed by atoms with Gasteiger partial charge in [-0.15, -0.1) is 0 Å². The number of aryl methyl sites for hydroxylation is 1. The second kappa shape index (κ2) is 42.3. The molecule has 0 N–H and O–H groups in total. The van der Waals surface area contributed by atoms with Crippen molar-refractivity contribution in [1.82, 2.24) is 0 Å². The molecule has 0 saturated heterocycles. The van der Waals surface area contributed by atoms with Crippen LogP contribution in [0.1, 0.15) is 317 Å². The van der Waals surface area contributed by atoms with Gasteiger partial charge in [-0.05, 0) is 418 Å². The first-order chi connectivity index (χ1) is 70.7. The van der Waals surface area contributed by atoms with Gasteiger partial charge in [-0.25, -0.2) is 0 Å². The van der Waals surface area contributed by atoms with Crippen LogP contribution in [0.25, 0.3) is 167 Å². The Morgan fingerprint density at radius 2 is 0.329 bits per heavy atom. The maximum atomic E-state index is 2.70. The zero-order valence-corrected chi connectivity index (χ0v) is 94.6. The molecule has 17 aromatic carbocycles. The van der Waals surface area contributed by atoms with Crippen molar-refractivity contribution < 1.29 is 0 Å². The fraction of sp³-hybridized carbons (Fsp3) is 0.315. The van der Waals surface area contributed by atoms with Crippen LogP contribution in [-0.4, -0.2) is 0 Å². The summed E-state index contributed by atoms with van der Waals surface area (Å²) in [5.41, 5.74) is 51.3. The predicted molar refractivity (Wildman–Crippen MR) is 650 cm³/mol. The monoisotopic (exact) mass is 1950 g/mol. The number of rotatable bonds is 27. The first-order valence-electron chi connectivity index (χ1n) is 55.9. The summed E-state index contributed by atoms with van der Waals surface area (Å²) in [5, 5.41) is 0. The lowest BCUT2D eigenvalue weighted by atomic mass is 9.68. The van der Waals surface area contributed by atoms with E-state index in [1.807, 2.05) is 0 Å². The average molecular weight is 1950 g/mol. The van der Waals surface area contributed by atoms with E-state index in [2.05, 4.69) is 544 Å². The quantitative estimate of drug-likeness (QED) is 0.0450. The Bertz CT molecular complexity index is 6540. The minimum Gasteiger partial charge on any atom is -0.0654 e. The van der Waals surface area contributed by atoms with Crippen molar-refractivity contribution in [2.45, 2.75) is 306 Å². The smallest absolute Gasteiger partial charge is 0.0464 e. The number of unbranched alkanes of at least 4 members (excludes halogenated alkanes) is 8. The molecule has 0 fully saturated rings. The van der Waals surface area contributed by atoms with Gasteiger partial charge in [-0.2, -0.15) is 0 Å². The lowest BCUT2D eigenvalue weighted by molar-refractivity contribution is 0.506. The van der Waals surface area contributed by atoms with E-state index in [1.54, 1.807) is 0 Å². The van der Waals surface area contributed by atoms with E-state index < -0.39 is 5.41 Å². The highest BCUT2D eigenvalue weighted by molar-refractivity contribution is 5.95. The molecule has 0 bridgehead atoms. The van der Waals surface area contributed by atoms with Crippen LogP contribution in [0.15, 0.2) is 364 Å². The lowest BCUT2D eigenvalue weighted by Gasteiger charge is -2.34. The highest BCUT2D eigenvalue weighted by Crippen LogP contribution is 2.58. The van der Waals surface area contributed by atoms with E-state index >= 15 is 0 Å². The largest absolute Gasteiger partial charge is 0.0654 e. The van der Waals surface area contributed by atoms with Gasteiger partial charge in [0.1, 0.15) is 0 Å². The van der Waals surface area contributed by atoms with Crippen LogP contribution in [-0.2, 0) is 55.2 Å². The summed E-state index contributed by atoms with van der Waals surface area (Å²) >= 11 is 0. The molecule has 0 aromatic heterocycles. The van der Waals surface area contributed by atoms with Crippen LogP contribution >= 0.6 is 0 Å². The maximum Gasteiger partial charge on any atom is 0.0464 e. The molecule has 0 amide bonds. The lowest BCUT2D eigenvalue weighted by Crippen LogP contribution is -2.27. The van der Waals surface area contributed by atoms with Crippen LogP contribution < -0.4 is 0 Å². The van der Waals surface area contributed by atoms with Crippen molar-refractivity contribution in [3.8, 4) is 167 Å². The maximum absolute atomic E-state index is 2.70. The zero-order valence-electron chi connectivity index (χ0n) is 94.6. The number of hydrogen-bond acceptors (Lipinski definition) is 0. The molecule has 0 saturated carbocycles. The average Bonchev–Trinajstić information content (AvgIpc) is 1.54. The fourth-order valence-electron chi connectivity index (χ4n) is 22.5. The Hall–Kier alpha value is -13.3. The SMILES string of the molecule is CCCCCCCCC1(c2cccc(CCCCCC)c2)c2cc(-c3cc(-c4cc(-c5ccc(C(C)(C)C)cc5)cc(-c5ccc(C(C)(C)C)cc5)c4)cc(-c4cc(-c5ccc(C(C)(C)C)cc5)cc(-c5ccc(C(C)(C)C)cc5)c4)c3)ccc2-c2ccc(-c3cc(-c4cc(-c5ccc(C(C)(C)C)cc5)cc(-c5ccc(C(C)(C)C)cc5)c4)cc(-c4cc(-c5ccc(C(C)(C)C)cc5)cc(-c5ccc(C(C)(C)C)cc5)c4)c3)cc21. The van der Waals surface area contributed by atoms with Gasteiger partial charge in [0.25, 0.3) is 0 Å². The molecule has 1 aliphatic carbocycles. The molecule has 149 heavy (non-hydrogen) atoms. The zero-order chi connectivity index (χ0) is 106. The van der Waals surface area contributed by atoms with Crippen LogP contribution in [0.5, 0.6) is 0 Å². The summed E-state index contributed by atoms with van der Waals surface area (Å²) in [6, 6.07) is 146. The van der Waals surface area contributed by atoms with Crippen molar-refractivity contribution >= 4 is 0 Å². The molecular formula is C149H162. The Morgan fingerprint density at radius 3 is 0.530 bits per heavy atom. The van der Waals surface area contributed by atoms with Crippen LogP contribution in [0.3, 0.4) is 0 Å². The highest BCUT2D eigenvalue weighted by Gasteiger charge is 2.45. The molecule has 1 aliphatic rings. The highest BCUT2D eigenvalue weighted by atomic mass is 14.5. The molecule has 0 nitrogen and oxygen atoms in total.